The Hall–Kier alpha value is -0.910. The van der Waals surface area contributed by atoms with Crippen LogP contribution in [0.5, 0.6) is 0 Å². The molecule has 1 aromatic rings. The predicted molar refractivity (Wildman–Crippen MR) is 62.0 cm³/mol. The first-order valence-electron chi connectivity index (χ1n) is 5.84. The summed E-state index contributed by atoms with van der Waals surface area (Å²) in [6.07, 6.45) is 4.29. The fourth-order valence-corrected chi connectivity index (χ4v) is 2.04. The van der Waals surface area contributed by atoms with Crippen LogP contribution >= 0.6 is 0 Å². The Bertz CT molecular complexity index is 307. The zero-order chi connectivity index (χ0) is 11.2. The van der Waals surface area contributed by atoms with Crippen molar-refractivity contribution < 1.29 is 4.74 Å². The molecule has 1 fully saturated rings. The number of hydrogen-bond donors (Lipinski definition) is 3. The van der Waals surface area contributed by atoms with Crippen LogP contribution in [0.25, 0.3) is 0 Å². The molecule has 0 amide bonds. The minimum absolute atomic E-state index is 0.600. The van der Waals surface area contributed by atoms with Crippen molar-refractivity contribution in [3.05, 3.63) is 17.5 Å². The second kappa shape index (κ2) is 5.98. The van der Waals surface area contributed by atoms with Crippen molar-refractivity contribution in [2.45, 2.75) is 32.0 Å². The maximum absolute atomic E-state index is 5.11. The molecule has 0 spiro atoms. The fraction of sp³-hybridized carbons (Fsp3) is 0.727. The van der Waals surface area contributed by atoms with E-state index >= 15 is 0 Å². The lowest BCUT2D eigenvalue weighted by molar-refractivity contribution is 0.180. The third kappa shape index (κ3) is 3.04. The molecule has 0 bridgehead atoms. The van der Waals surface area contributed by atoms with Gasteiger partial charge >= 0.3 is 0 Å². The van der Waals surface area contributed by atoms with Crippen molar-refractivity contribution in [1.29, 1.82) is 0 Å². The molecular formula is C11H20N4O. The van der Waals surface area contributed by atoms with Crippen molar-refractivity contribution in [2.75, 3.05) is 20.2 Å². The van der Waals surface area contributed by atoms with Gasteiger partial charge < -0.3 is 15.4 Å². The summed E-state index contributed by atoms with van der Waals surface area (Å²) in [5.41, 5.74) is 2.28. The summed E-state index contributed by atoms with van der Waals surface area (Å²) in [6.45, 7) is 3.71. The van der Waals surface area contributed by atoms with Crippen LogP contribution in [0.15, 0.2) is 6.20 Å². The average molecular weight is 224 g/mol. The SMILES string of the molecule is COCc1[nH]ncc1CNC1CCNCC1. The molecule has 0 aliphatic carbocycles. The second-order valence-corrected chi connectivity index (χ2v) is 4.21. The van der Waals surface area contributed by atoms with Gasteiger partial charge in [-0.2, -0.15) is 5.10 Å². The van der Waals surface area contributed by atoms with Crippen molar-refractivity contribution >= 4 is 0 Å². The highest BCUT2D eigenvalue weighted by atomic mass is 16.5. The van der Waals surface area contributed by atoms with Crippen LogP contribution in [0.3, 0.4) is 0 Å². The molecule has 0 aromatic carbocycles. The van der Waals surface area contributed by atoms with Crippen LogP contribution in [0.1, 0.15) is 24.1 Å². The van der Waals surface area contributed by atoms with Gasteiger partial charge in [-0.1, -0.05) is 0 Å². The van der Waals surface area contributed by atoms with Crippen molar-refractivity contribution in [3.8, 4) is 0 Å². The van der Waals surface area contributed by atoms with Crippen LogP contribution in [0.4, 0.5) is 0 Å². The molecule has 1 saturated heterocycles. The zero-order valence-corrected chi connectivity index (χ0v) is 9.75. The fourth-order valence-electron chi connectivity index (χ4n) is 2.04. The van der Waals surface area contributed by atoms with E-state index in [9.17, 15) is 0 Å². The maximum Gasteiger partial charge on any atom is 0.0881 e. The van der Waals surface area contributed by atoms with Gasteiger partial charge in [0.15, 0.2) is 0 Å². The number of nitrogens with zero attached hydrogens (tertiary/aromatic N) is 1. The number of aromatic amines is 1. The molecule has 0 saturated carbocycles. The lowest BCUT2D eigenvalue weighted by atomic mass is 10.1. The van der Waals surface area contributed by atoms with E-state index < -0.39 is 0 Å². The van der Waals surface area contributed by atoms with E-state index in [0.29, 0.717) is 12.6 Å². The highest BCUT2D eigenvalue weighted by molar-refractivity contribution is 5.15. The molecule has 3 N–H and O–H groups in total. The number of rotatable bonds is 5. The predicted octanol–water partition coefficient (Wildman–Crippen LogP) is 0.398. The molecule has 16 heavy (non-hydrogen) atoms. The molecule has 0 radical (unpaired) electrons. The van der Waals surface area contributed by atoms with Gasteiger partial charge in [0.25, 0.3) is 0 Å². The minimum Gasteiger partial charge on any atom is -0.378 e. The summed E-state index contributed by atoms with van der Waals surface area (Å²) in [5, 5.41) is 13.9. The number of piperidine rings is 1. The molecule has 0 unspecified atom stereocenters. The number of methoxy groups -OCH3 is 1. The molecule has 0 atom stereocenters. The van der Waals surface area contributed by atoms with Crippen molar-refractivity contribution in [3.63, 3.8) is 0 Å². The smallest absolute Gasteiger partial charge is 0.0881 e. The Morgan fingerprint density at radius 2 is 2.31 bits per heavy atom. The summed E-state index contributed by atoms with van der Waals surface area (Å²) < 4.78 is 5.11. The Labute approximate surface area is 96.0 Å². The van der Waals surface area contributed by atoms with E-state index in [1.165, 1.54) is 18.4 Å². The molecule has 2 rings (SSSR count). The lowest BCUT2D eigenvalue weighted by Gasteiger charge is -2.23. The van der Waals surface area contributed by atoms with Gasteiger partial charge in [-0.05, 0) is 25.9 Å². The highest BCUT2D eigenvalue weighted by Gasteiger charge is 2.13. The zero-order valence-electron chi connectivity index (χ0n) is 9.75. The van der Waals surface area contributed by atoms with Gasteiger partial charge in [0, 0.05) is 25.3 Å². The number of hydrogen-bond acceptors (Lipinski definition) is 4. The first-order chi connectivity index (χ1) is 7.90. The van der Waals surface area contributed by atoms with E-state index in [1.54, 1.807) is 7.11 Å². The number of nitrogens with one attached hydrogen (secondary N) is 3. The molecule has 1 aromatic heterocycles. The van der Waals surface area contributed by atoms with Gasteiger partial charge in [-0.3, -0.25) is 5.10 Å². The standard InChI is InChI=1S/C11H20N4O/c1-16-8-11-9(7-14-15-11)6-13-10-2-4-12-5-3-10/h7,10,12-13H,2-6,8H2,1H3,(H,14,15). The van der Waals surface area contributed by atoms with Gasteiger partial charge in [0.05, 0.1) is 18.5 Å². The van der Waals surface area contributed by atoms with E-state index in [-0.39, 0.29) is 0 Å². The van der Waals surface area contributed by atoms with Crippen molar-refractivity contribution in [2.24, 2.45) is 0 Å². The number of aromatic nitrogens is 2. The second-order valence-electron chi connectivity index (χ2n) is 4.21. The third-order valence-electron chi connectivity index (χ3n) is 3.02. The largest absolute Gasteiger partial charge is 0.378 e. The Kier molecular flexibility index (Phi) is 4.33. The quantitative estimate of drug-likeness (QED) is 0.677. The summed E-state index contributed by atoms with van der Waals surface area (Å²) in [6, 6.07) is 0.631. The monoisotopic (exact) mass is 224 g/mol. The lowest BCUT2D eigenvalue weighted by Crippen LogP contribution is -2.39. The van der Waals surface area contributed by atoms with Crippen LogP contribution in [-0.2, 0) is 17.9 Å². The Morgan fingerprint density at radius 1 is 1.50 bits per heavy atom. The summed E-state index contributed by atoms with van der Waals surface area (Å²) in [5.74, 6) is 0. The Balaban J connectivity index is 1.81. The molecular weight excluding hydrogens is 204 g/mol. The van der Waals surface area contributed by atoms with E-state index in [4.69, 9.17) is 4.74 Å². The van der Waals surface area contributed by atoms with E-state index in [0.717, 1.165) is 25.3 Å². The van der Waals surface area contributed by atoms with Gasteiger partial charge in [0.2, 0.25) is 0 Å². The van der Waals surface area contributed by atoms with Gasteiger partial charge in [-0.15, -0.1) is 0 Å². The molecule has 1 aliphatic rings. The molecule has 5 nitrogen and oxygen atoms in total. The van der Waals surface area contributed by atoms with Crippen LogP contribution in [0.2, 0.25) is 0 Å². The molecule has 1 aliphatic heterocycles. The third-order valence-corrected chi connectivity index (χ3v) is 3.02. The summed E-state index contributed by atoms with van der Waals surface area (Å²) in [7, 11) is 1.70. The van der Waals surface area contributed by atoms with Gasteiger partial charge in [0.1, 0.15) is 0 Å². The van der Waals surface area contributed by atoms with Crippen LogP contribution in [0, 0.1) is 0 Å². The summed E-state index contributed by atoms with van der Waals surface area (Å²) in [4.78, 5) is 0. The molecule has 5 heteroatoms. The molecule has 2 heterocycles. The van der Waals surface area contributed by atoms with Gasteiger partial charge in [-0.25, -0.2) is 0 Å². The highest BCUT2D eigenvalue weighted by Crippen LogP contribution is 2.08. The first kappa shape index (κ1) is 11.6. The normalized spacial score (nSPS) is 17.8. The average Bonchev–Trinajstić information content (AvgIpc) is 2.76. The van der Waals surface area contributed by atoms with Crippen molar-refractivity contribution in [1.82, 2.24) is 20.8 Å². The van der Waals surface area contributed by atoms with E-state index in [2.05, 4.69) is 20.8 Å². The topological polar surface area (TPSA) is 62.0 Å². The number of H-pyrrole nitrogens is 1. The number of ether oxygens (including phenoxy) is 1. The van der Waals surface area contributed by atoms with E-state index in [1.807, 2.05) is 6.20 Å². The summed E-state index contributed by atoms with van der Waals surface area (Å²) >= 11 is 0. The van der Waals surface area contributed by atoms with Crippen LogP contribution in [-0.4, -0.2) is 36.4 Å². The maximum atomic E-state index is 5.11. The van der Waals surface area contributed by atoms with Crippen LogP contribution < -0.4 is 10.6 Å². The Morgan fingerprint density at radius 3 is 3.06 bits per heavy atom. The minimum atomic E-state index is 0.600. The molecule has 90 valence electrons. The first-order valence-corrected chi connectivity index (χ1v) is 5.84.